The van der Waals surface area contributed by atoms with Crippen LogP contribution in [0.1, 0.15) is 18.0 Å². The van der Waals surface area contributed by atoms with Gasteiger partial charge in [0.2, 0.25) is 5.89 Å². The maximum Gasteiger partial charge on any atom is 0.226 e. The average molecular weight is 210 g/mol. The van der Waals surface area contributed by atoms with Crippen molar-refractivity contribution in [2.75, 3.05) is 5.73 Å². The molecule has 0 spiro atoms. The number of hydrogen-bond donors (Lipinski definition) is 1. The van der Waals surface area contributed by atoms with E-state index in [-0.39, 0.29) is 0 Å². The van der Waals surface area contributed by atoms with E-state index in [1.165, 1.54) is 17.7 Å². The van der Waals surface area contributed by atoms with Gasteiger partial charge in [-0.05, 0) is 12.8 Å². The number of nitrogens with two attached hydrogens (primary N) is 1. The van der Waals surface area contributed by atoms with Crippen LogP contribution in [0.4, 0.5) is 5.13 Å². The molecule has 0 aliphatic rings. The lowest BCUT2D eigenvalue weighted by atomic mass is 10.2. The van der Waals surface area contributed by atoms with Crippen LogP contribution < -0.4 is 5.73 Å². The van der Waals surface area contributed by atoms with E-state index in [1.807, 2.05) is 5.38 Å². The van der Waals surface area contributed by atoms with Gasteiger partial charge in [0.25, 0.3) is 0 Å². The van der Waals surface area contributed by atoms with Gasteiger partial charge < -0.3 is 10.3 Å². The van der Waals surface area contributed by atoms with E-state index in [1.54, 1.807) is 0 Å². The molecule has 0 aliphatic carbocycles. The summed E-state index contributed by atoms with van der Waals surface area (Å²) in [4.78, 5) is 8.09. The Bertz CT molecular complexity index is 384. The Morgan fingerprint density at radius 3 is 3.00 bits per heavy atom. The normalized spacial score (nSPS) is 10.6. The molecule has 2 N–H and O–H groups in total. The fourth-order valence-electron chi connectivity index (χ4n) is 1.16. The number of aryl methyl sites for hydroxylation is 2. The summed E-state index contributed by atoms with van der Waals surface area (Å²) in [6.07, 6.45) is 4.05. The van der Waals surface area contributed by atoms with Crippen LogP contribution >= 0.6 is 11.3 Å². The number of anilines is 1. The Balaban J connectivity index is 1.78. The monoisotopic (exact) mass is 210 g/mol. The molecule has 0 bridgehead atoms. The summed E-state index contributed by atoms with van der Waals surface area (Å²) in [5.41, 5.74) is 6.55. The van der Waals surface area contributed by atoms with Crippen LogP contribution in [0, 0.1) is 0 Å². The summed E-state index contributed by atoms with van der Waals surface area (Å²) in [6.45, 7) is 0. The van der Waals surface area contributed by atoms with Crippen molar-refractivity contribution >= 4 is 16.5 Å². The molecular formula is C8H10N4OS. The van der Waals surface area contributed by atoms with Gasteiger partial charge >= 0.3 is 0 Å². The van der Waals surface area contributed by atoms with Crippen LogP contribution in [0.5, 0.6) is 0 Å². The molecule has 5 nitrogen and oxygen atoms in total. The van der Waals surface area contributed by atoms with Gasteiger partial charge in [-0.2, -0.15) is 4.98 Å². The summed E-state index contributed by atoms with van der Waals surface area (Å²) in [7, 11) is 0. The minimum atomic E-state index is 0.623. The van der Waals surface area contributed by atoms with E-state index in [9.17, 15) is 0 Å². The molecule has 0 saturated carbocycles. The molecule has 0 aromatic carbocycles. The Morgan fingerprint density at radius 2 is 2.36 bits per heavy atom. The first-order valence-electron chi connectivity index (χ1n) is 4.30. The highest BCUT2D eigenvalue weighted by Gasteiger charge is 2.01. The predicted molar refractivity (Wildman–Crippen MR) is 52.8 cm³/mol. The number of nitrogens with zero attached hydrogens (tertiary/aromatic N) is 3. The second-order valence-electron chi connectivity index (χ2n) is 2.87. The molecule has 0 amide bonds. The third-order valence-corrected chi connectivity index (χ3v) is 2.52. The quantitative estimate of drug-likeness (QED) is 0.822. The minimum absolute atomic E-state index is 0.623. The van der Waals surface area contributed by atoms with Crippen LogP contribution in [0.15, 0.2) is 16.2 Å². The van der Waals surface area contributed by atoms with E-state index in [0.717, 1.165) is 25.0 Å². The zero-order valence-electron chi connectivity index (χ0n) is 7.51. The first kappa shape index (κ1) is 9.14. The van der Waals surface area contributed by atoms with Crippen LogP contribution in [-0.2, 0) is 12.8 Å². The Morgan fingerprint density at radius 1 is 1.43 bits per heavy atom. The minimum Gasteiger partial charge on any atom is -0.375 e. The molecule has 0 radical (unpaired) electrons. The summed E-state index contributed by atoms with van der Waals surface area (Å²) < 4.78 is 4.87. The lowest BCUT2D eigenvalue weighted by Gasteiger charge is -1.92. The summed E-state index contributed by atoms with van der Waals surface area (Å²) in [5, 5.41) is 6.13. The number of rotatable bonds is 4. The highest BCUT2D eigenvalue weighted by atomic mass is 32.1. The lowest BCUT2D eigenvalue weighted by Crippen LogP contribution is -1.91. The third-order valence-electron chi connectivity index (χ3n) is 1.80. The van der Waals surface area contributed by atoms with Crippen molar-refractivity contribution in [2.45, 2.75) is 19.3 Å². The Hall–Kier alpha value is -1.43. The SMILES string of the molecule is Nc1nc(CCCc2ncno2)cs1. The highest BCUT2D eigenvalue weighted by Crippen LogP contribution is 2.13. The van der Waals surface area contributed by atoms with Gasteiger partial charge in [-0.1, -0.05) is 5.16 Å². The number of thiazole rings is 1. The van der Waals surface area contributed by atoms with Gasteiger partial charge in [-0.3, -0.25) is 0 Å². The van der Waals surface area contributed by atoms with Gasteiger partial charge in [-0.15, -0.1) is 11.3 Å². The van der Waals surface area contributed by atoms with Crippen molar-refractivity contribution in [1.29, 1.82) is 0 Å². The van der Waals surface area contributed by atoms with Crippen molar-refractivity contribution in [3.05, 3.63) is 23.3 Å². The van der Waals surface area contributed by atoms with Crippen LogP contribution in [0.2, 0.25) is 0 Å². The van der Waals surface area contributed by atoms with Crippen LogP contribution in [0.25, 0.3) is 0 Å². The standard InChI is InChI=1S/C8H10N4OS/c9-8-12-6(4-14-8)2-1-3-7-10-5-11-13-7/h4-5H,1-3H2,(H2,9,12). The van der Waals surface area contributed by atoms with E-state index in [4.69, 9.17) is 10.3 Å². The van der Waals surface area contributed by atoms with E-state index in [0.29, 0.717) is 11.0 Å². The van der Waals surface area contributed by atoms with Gasteiger partial charge in [0.1, 0.15) is 0 Å². The van der Waals surface area contributed by atoms with E-state index >= 15 is 0 Å². The summed E-state index contributed by atoms with van der Waals surface area (Å²) in [6, 6.07) is 0. The fourth-order valence-corrected chi connectivity index (χ4v) is 1.76. The molecule has 0 unspecified atom stereocenters. The predicted octanol–water partition coefficient (Wildman–Crippen LogP) is 1.28. The molecule has 0 atom stereocenters. The van der Waals surface area contributed by atoms with E-state index in [2.05, 4.69) is 15.1 Å². The highest BCUT2D eigenvalue weighted by molar-refractivity contribution is 7.13. The Labute approximate surface area is 85.0 Å². The molecule has 2 heterocycles. The number of nitrogen functional groups attached to an aromatic ring is 1. The zero-order valence-corrected chi connectivity index (χ0v) is 8.33. The maximum absolute atomic E-state index is 5.51. The molecule has 14 heavy (non-hydrogen) atoms. The zero-order chi connectivity index (χ0) is 9.80. The molecule has 2 rings (SSSR count). The van der Waals surface area contributed by atoms with Crippen molar-refractivity contribution in [3.8, 4) is 0 Å². The second-order valence-corrected chi connectivity index (χ2v) is 3.76. The molecule has 0 fully saturated rings. The average Bonchev–Trinajstić information content (AvgIpc) is 2.77. The third kappa shape index (κ3) is 2.29. The lowest BCUT2D eigenvalue weighted by molar-refractivity contribution is 0.374. The van der Waals surface area contributed by atoms with Crippen LogP contribution in [-0.4, -0.2) is 15.1 Å². The first-order chi connectivity index (χ1) is 6.84. The largest absolute Gasteiger partial charge is 0.375 e. The number of hydrogen-bond acceptors (Lipinski definition) is 6. The Kier molecular flexibility index (Phi) is 2.73. The van der Waals surface area contributed by atoms with Gasteiger partial charge in [0.05, 0.1) is 5.69 Å². The van der Waals surface area contributed by atoms with Crippen molar-refractivity contribution in [2.24, 2.45) is 0 Å². The molecule has 6 heteroatoms. The fraction of sp³-hybridized carbons (Fsp3) is 0.375. The van der Waals surface area contributed by atoms with Gasteiger partial charge in [-0.25, -0.2) is 4.98 Å². The maximum atomic E-state index is 5.51. The summed E-state index contributed by atoms with van der Waals surface area (Å²) in [5.74, 6) is 0.674. The van der Waals surface area contributed by atoms with Gasteiger partial charge in [0.15, 0.2) is 11.5 Å². The van der Waals surface area contributed by atoms with E-state index < -0.39 is 0 Å². The van der Waals surface area contributed by atoms with Crippen molar-refractivity contribution in [1.82, 2.24) is 15.1 Å². The van der Waals surface area contributed by atoms with Gasteiger partial charge in [0, 0.05) is 11.8 Å². The topological polar surface area (TPSA) is 77.8 Å². The summed E-state index contributed by atoms with van der Waals surface area (Å²) >= 11 is 1.47. The molecule has 74 valence electrons. The molecule has 0 aliphatic heterocycles. The molecule has 0 saturated heterocycles. The second kappa shape index (κ2) is 4.19. The molecule has 2 aromatic heterocycles. The van der Waals surface area contributed by atoms with Crippen molar-refractivity contribution in [3.63, 3.8) is 0 Å². The van der Waals surface area contributed by atoms with Crippen LogP contribution in [0.3, 0.4) is 0 Å². The molecular weight excluding hydrogens is 200 g/mol. The smallest absolute Gasteiger partial charge is 0.226 e. The number of aromatic nitrogens is 3. The molecule has 2 aromatic rings. The first-order valence-corrected chi connectivity index (χ1v) is 5.18. The van der Waals surface area contributed by atoms with Crippen molar-refractivity contribution < 1.29 is 4.52 Å².